The number of amides is 2. The first kappa shape index (κ1) is 32.0. The van der Waals surface area contributed by atoms with Crippen molar-refractivity contribution < 1.29 is 25.3 Å². The van der Waals surface area contributed by atoms with Crippen molar-refractivity contribution in [2.24, 2.45) is 11.8 Å². The van der Waals surface area contributed by atoms with Crippen LogP contribution in [0.4, 0.5) is 10.6 Å². The van der Waals surface area contributed by atoms with E-state index >= 15 is 0 Å². The van der Waals surface area contributed by atoms with Crippen molar-refractivity contribution >= 4 is 17.8 Å². The molecule has 10 heteroatoms. The number of ether oxygens (including phenoxy) is 1. The van der Waals surface area contributed by atoms with Crippen molar-refractivity contribution in [2.45, 2.75) is 84.0 Å². The van der Waals surface area contributed by atoms with Crippen LogP contribution in [0, 0.1) is 18.8 Å². The molecule has 5 rings (SSSR count). The van der Waals surface area contributed by atoms with Gasteiger partial charge in [0.2, 0.25) is 5.91 Å². The molecule has 234 valence electrons. The van der Waals surface area contributed by atoms with Crippen molar-refractivity contribution in [1.82, 2.24) is 20.3 Å². The molecule has 2 amide bonds. The lowest BCUT2D eigenvalue weighted by Crippen LogP contribution is -2.41. The summed E-state index contributed by atoms with van der Waals surface area (Å²) in [7, 11) is 3.04. The number of carbonyl (C=O) groups excluding carboxylic acids is 1. The fraction of sp³-hybridized carbons (Fsp3) is 0.545. The molecular weight excluding hydrogens is 546 g/mol. The first-order valence-corrected chi connectivity index (χ1v) is 15.5. The predicted octanol–water partition coefficient (Wildman–Crippen LogP) is 7.03. The summed E-state index contributed by atoms with van der Waals surface area (Å²) in [4.78, 5) is 39.2. The molecule has 43 heavy (non-hydrogen) atoms. The largest absolute Gasteiger partial charge is 0.495 e. The van der Waals surface area contributed by atoms with E-state index in [1.165, 1.54) is 13.5 Å². The zero-order valence-electron chi connectivity index (χ0n) is 25.8. The molecule has 0 aromatic carbocycles. The highest BCUT2D eigenvalue weighted by Crippen LogP contribution is 2.37. The van der Waals surface area contributed by atoms with Gasteiger partial charge in [-0.25, -0.2) is 14.8 Å². The van der Waals surface area contributed by atoms with Gasteiger partial charge in [0.25, 0.3) is 0 Å². The molecule has 3 aromatic rings. The van der Waals surface area contributed by atoms with E-state index in [-0.39, 0.29) is 13.3 Å². The number of nitrogens with zero attached hydrogens (tertiary/aromatic N) is 4. The summed E-state index contributed by atoms with van der Waals surface area (Å²) in [6.07, 6.45) is 13.0. The maximum absolute atomic E-state index is 13.9. The summed E-state index contributed by atoms with van der Waals surface area (Å²) in [5.41, 5.74) is 3.83. The molecule has 2 fully saturated rings. The van der Waals surface area contributed by atoms with Gasteiger partial charge in [-0.15, -0.1) is 0 Å². The Morgan fingerprint density at radius 3 is 2.42 bits per heavy atom. The number of oxazole rings is 1. The molecule has 0 radical (unpaired) electrons. The third kappa shape index (κ3) is 8.55. The lowest BCUT2D eigenvalue weighted by Gasteiger charge is -2.34. The smallest absolute Gasteiger partial charge is 0.404 e. The molecule has 0 unspecified atom stereocenters. The molecule has 0 atom stereocenters. The number of pyridine rings is 2. The number of anilines is 1. The minimum absolute atomic E-state index is 0. The lowest BCUT2D eigenvalue weighted by molar-refractivity contribution is -0.123. The molecule has 2 aliphatic carbocycles. The summed E-state index contributed by atoms with van der Waals surface area (Å²) >= 11 is 0. The molecule has 2 saturated carbocycles. The Kier molecular flexibility index (Phi) is 11.5. The quantitative estimate of drug-likeness (QED) is 0.285. The fourth-order valence-corrected chi connectivity index (χ4v) is 6.11. The van der Waals surface area contributed by atoms with Crippen molar-refractivity contribution in [3.8, 4) is 17.0 Å². The Morgan fingerprint density at radius 2 is 1.81 bits per heavy atom. The molecule has 2 aliphatic rings. The number of carbonyl (C=O) groups is 2. The van der Waals surface area contributed by atoms with E-state index in [4.69, 9.17) is 19.2 Å². The highest BCUT2D eigenvalue weighted by molar-refractivity contribution is 5.94. The SMILES string of the molecule is CCc1nc(-c2ccnc(N(CC3CCC(c4ccc(OC)c(C)n4)CC3)C(=O)C3CCCCC3)c2)co1.CNC(=O)O.[HH]. The van der Waals surface area contributed by atoms with Crippen LogP contribution in [0.1, 0.15) is 89.3 Å². The summed E-state index contributed by atoms with van der Waals surface area (Å²) in [6.45, 7) is 4.75. The van der Waals surface area contributed by atoms with Crippen LogP contribution in [0.15, 0.2) is 41.1 Å². The molecule has 0 aliphatic heterocycles. The molecule has 3 heterocycles. The van der Waals surface area contributed by atoms with Gasteiger partial charge in [-0.05, 0) is 75.6 Å². The third-order valence-corrected chi connectivity index (χ3v) is 8.59. The van der Waals surface area contributed by atoms with Gasteiger partial charge in [-0.2, -0.15) is 0 Å². The van der Waals surface area contributed by atoms with Gasteiger partial charge in [0.1, 0.15) is 23.5 Å². The molecule has 0 spiro atoms. The minimum Gasteiger partial charge on any atom is -0.495 e. The van der Waals surface area contributed by atoms with Crippen LogP contribution in [0.2, 0.25) is 0 Å². The van der Waals surface area contributed by atoms with E-state index < -0.39 is 6.09 Å². The van der Waals surface area contributed by atoms with Crippen LogP contribution in [-0.4, -0.2) is 52.8 Å². The van der Waals surface area contributed by atoms with Gasteiger partial charge in [0.15, 0.2) is 5.89 Å². The number of aryl methyl sites for hydroxylation is 2. The topological polar surface area (TPSA) is 131 Å². The predicted molar refractivity (Wildman–Crippen MR) is 167 cm³/mol. The van der Waals surface area contributed by atoms with Gasteiger partial charge < -0.3 is 19.6 Å². The molecule has 0 bridgehead atoms. The summed E-state index contributed by atoms with van der Waals surface area (Å²) in [5.74, 6) is 3.52. The number of carboxylic acid groups (broad SMARTS) is 1. The van der Waals surface area contributed by atoms with Gasteiger partial charge >= 0.3 is 6.09 Å². The third-order valence-electron chi connectivity index (χ3n) is 8.59. The fourth-order valence-electron chi connectivity index (χ4n) is 6.11. The van der Waals surface area contributed by atoms with Gasteiger partial charge in [0.05, 0.1) is 12.8 Å². The van der Waals surface area contributed by atoms with Crippen LogP contribution >= 0.6 is 0 Å². The van der Waals surface area contributed by atoms with Crippen molar-refractivity contribution in [2.75, 3.05) is 25.6 Å². The first-order valence-electron chi connectivity index (χ1n) is 15.5. The van der Waals surface area contributed by atoms with Gasteiger partial charge in [0, 0.05) is 50.7 Å². The number of methoxy groups -OCH3 is 1. The second-order valence-corrected chi connectivity index (χ2v) is 11.5. The van der Waals surface area contributed by atoms with Crippen LogP contribution in [0.5, 0.6) is 5.75 Å². The highest BCUT2D eigenvalue weighted by atomic mass is 16.5. The maximum Gasteiger partial charge on any atom is 0.404 e. The Morgan fingerprint density at radius 1 is 1.09 bits per heavy atom. The highest BCUT2D eigenvalue weighted by Gasteiger charge is 2.32. The molecular formula is C33H47N5O5. The summed E-state index contributed by atoms with van der Waals surface area (Å²) in [6, 6.07) is 8.09. The second kappa shape index (κ2) is 15.5. The van der Waals surface area contributed by atoms with E-state index in [1.54, 1.807) is 19.6 Å². The molecule has 3 aromatic heterocycles. The molecule has 10 nitrogen and oxygen atoms in total. The van der Waals surface area contributed by atoms with Crippen LogP contribution in [-0.2, 0) is 11.2 Å². The number of nitrogens with one attached hydrogen (secondary N) is 1. The minimum atomic E-state index is -0.995. The number of aromatic nitrogens is 3. The van der Waals surface area contributed by atoms with Crippen LogP contribution in [0.25, 0.3) is 11.3 Å². The molecule has 0 saturated heterocycles. The average molecular weight is 594 g/mol. The van der Waals surface area contributed by atoms with E-state index in [1.807, 2.05) is 42.3 Å². The zero-order valence-corrected chi connectivity index (χ0v) is 25.8. The van der Waals surface area contributed by atoms with E-state index in [0.29, 0.717) is 24.3 Å². The van der Waals surface area contributed by atoms with E-state index in [0.717, 1.165) is 92.0 Å². The van der Waals surface area contributed by atoms with Crippen molar-refractivity contribution in [3.05, 3.63) is 54.0 Å². The van der Waals surface area contributed by atoms with Crippen LogP contribution < -0.4 is 15.0 Å². The summed E-state index contributed by atoms with van der Waals surface area (Å²) < 4.78 is 11.0. The standard InChI is InChI=1S/C31H40N4O3.C2H5NO2.H2/c1-4-30-34-27(20-38-30)25-16-17-32-29(18-25)35(31(36)24-8-6-5-7-9-24)19-22-10-12-23(13-11-22)26-14-15-28(37-3)21(2)33-26;1-3-2(4)5;/h14-18,20,22-24H,4-13,19H2,1-3H3;3H,1H3,(H,4,5);1H. The molecule has 2 N–H and O–H groups in total. The number of hydrogen-bond donors (Lipinski definition) is 2. The zero-order chi connectivity index (χ0) is 30.8. The van der Waals surface area contributed by atoms with Gasteiger partial charge in [-0.3, -0.25) is 14.7 Å². The number of hydrogen-bond acceptors (Lipinski definition) is 7. The van der Waals surface area contributed by atoms with Crippen molar-refractivity contribution in [1.29, 1.82) is 0 Å². The van der Waals surface area contributed by atoms with E-state index in [2.05, 4.69) is 16.0 Å². The van der Waals surface area contributed by atoms with Crippen molar-refractivity contribution in [3.63, 3.8) is 0 Å². The van der Waals surface area contributed by atoms with Gasteiger partial charge in [-0.1, -0.05) is 26.2 Å². The Hall–Kier alpha value is -3.95. The second-order valence-electron chi connectivity index (χ2n) is 11.5. The van der Waals surface area contributed by atoms with Crippen LogP contribution in [0.3, 0.4) is 0 Å². The maximum atomic E-state index is 13.9. The van der Waals surface area contributed by atoms with E-state index in [9.17, 15) is 9.59 Å². The lowest BCUT2D eigenvalue weighted by atomic mass is 9.79. The average Bonchev–Trinajstić information content (AvgIpc) is 3.54. The monoisotopic (exact) mass is 593 g/mol. The first-order chi connectivity index (χ1) is 20.8. The Labute approximate surface area is 255 Å². The summed E-state index contributed by atoms with van der Waals surface area (Å²) in [5, 5.41) is 9.56. The number of rotatable bonds is 8. The normalized spacial score (nSPS) is 18.7. The Bertz CT molecular complexity index is 1350. The Balaban J connectivity index is 0.000000817.